The molecule has 1 aliphatic rings. The van der Waals surface area contributed by atoms with Gasteiger partial charge in [-0.05, 0) is 41.8 Å². The van der Waals surface area contributed by atoms with Crippen molar-refractivity contribution in [2.75, 3.05) is 0 Å². The summed E-state index contributed by atoms with van der Waals surface area (Å²) in [5.74, 6) is -0.145. The first-order valence-electron chi connectivity index (χ1n) is 4.87. The molecule has 1 aliphatic heterocycles. The molecule has 0 N–H and O–H groups in total. The topological polar surface area (TPSA) is 0 Å². The molecule has 0 amide bonds. The van der Waals surface area contributed by atoms with E-state index in [4.69, 9.17) is 0 Å². The van der Waals surface area contributed by atoms with Crippen molar-refractivity contribution < 1.29 is 4.39 Å². The van der Waals surface area contributed by atoms with E-state index in [2.05, 4.69) is 12.1 Å². The van der Waals surface area contributed by atoms with Crippen LogP contribution < -0.4 is 0 Å². The molecule has 0 unspecified atom stereocenters. The summed E-state index contributed by atoms with van der Waals surface area (Å²) in [6.07, 6.45) is 0.844. The van der Waals surface area contributed by atoms with Gasteiger partial charge in [0, 0.05) is 9.79 Å². The summed E-state index contributed by atoms with van der Waals surface area (Å²) >= 11 is 1.72. The van der Waals surface area contributed by atoms with Gasteiger partial charge < -0.3 is 0 Å². The Morgan fingerprint density at radius 2 is 1.73 bits per heavy atom. The van der Waals surface area contributed by atoms with E-state index in [1.807, 2.05) is 18.2 Å². The number of halogens is 1. The Balaban J connectivity index is 2.11. The minimum Gasteiger partial charge on any atom is -0.207 e. The van der Waals surface area contributed by atoms with Gasteiger partial charge in [0.1, 0.15) is 5.82 Å². The van der Waals surface area contributed by atoms with Crippen LogP contribution in [0.3, 0.4) is 0 Å². The molecular weight excluding hydrogens is 207 g/mol. The van der Waals surface area contributed by atoms with Crippen molar-refractivity contribution in [2.24, 2.45) is 0 Å². The second-order valence-corrected chi connectivity index (χ2v) is 4.72. The predicted octanol–water partition coefficient (Wildman–Crippen LogP) is 3.88. The van der Waals surface area contributed by atoms with Gasteiger partial charge in [0.2, 0.25) is 0 Å². The zero-order valence-electron chi connectivity index (χ0n) is 8.03. The van der Waals surface area contributed by atoms with E-state index in [1.165, 1.54) is 21.4 Å². The Bertz CT molecular complexity index is 520. The van der Waals surface area contributed by atoms with Crippen LogP contribution in [0.1, 0.15) is 11.1 Å². The van der Waals surface area contributed by atoms with E-state index in [0.717, 1.165) is 12.0 Å². The Morgan fingerprint density at radius 3 is 2.67 bits per heavy atom. The molecule has 0 radical (unpaired) electrons. The van der Waals surface area contributed by atoms with E-state index in [1.54, 1.807) is 17.8 Å². The van der Waals surface area contributed by atoms with Crippen molar-refractivity contribution in [1.29, 1.82) is 0 Å². The van der Waals surface area contributed by atoms with E-state index >= 15 is 0 Å². The third kappa shape index (κ3) is 1.55. The number of hydrogen-bond donors (Lipinski definition) is 0. The van der Waals surface area contributed by atoms with Gasteiger partial charge in [-0.1, -0.05) is 30.0 Å². The summed E-state index contributed by atoms with van der Waals surface area (Å²) in [4.78, 5) is 2.46. The number of rotatable bonds is 0. The lowest BCUT2D eigenvalue weighted by atomic mass is 10.0. The molecule has 3 rings (SSSR count). The molecule has 0 bridgehead atoms. The minimum atomic E-state index is -0.145. The molecule has 2 aromatic carbocycles. The molecule has 0 aliphatic carbocycles. The van der Waals surface area contributed by atoms with Crippen molar-refractivity contribution in [1.82, 2.24) is 0 Å². The van der Waals surface area contributed by atoms with Crippen molar-refractivity contribution in [3.8, 4) is 0 Å². The summed E-state index contributed by atoms with van der Waals surface area (Å²) in [5.41, 5.74) is 2.39. The van der Waals surface area contributed by atoms with Crippen LogP contribution in [0.2, 0.25) is 0 Å². The maximum absolute atomic E-state index is 13.1. The van der Waals surface area contributed by atoms with Crippen LogP contribution in [0.4, 0.5) is 4.39 Å². The van der Waals surface area contributed by atoms with Crippen LogP contribution in [0.5, 0.6) is 0 Å². The number of hydrogen-bond acceptors (Lipinski definition) is 1. The normalized spacial score (nSPS) is 13.1. The number of benzene rings is 2. The average molecular weight is 216 g/mol. The van der Waals surface area contributed by atoms with Crippen molar-refractivity contribution in [2.45, 2.75) is 16.2 Å². The Kier molecular flexibility index (Phi) is 2.03. The third-order valence-electron chi connectivity index (χ3n) is 2.60. The quantitative estimate of drug-likeness (QED) is 0.549. The molecule has 2 aromatic rings. The van der Waals surface area contributed by atoms with Gasteiger partial charge in [0.25, 0.3) is 0 Å². The second-order valence-electron chi connectivity index (χ2n) is 3.64. The lowest BCUT2D eigenvalue weighted by molar-refractivity contribution is 0.624. The highest BCUT2D eigenvalue weighted by Crippen LogP contribution is 2.39. The van der Waals surface area contributed by atoms with Crippen LogP contribution in [0.25, 0.3) is 0 Å². The maximum Gasteiger partial charge on any atom is 0.123 e. The molecule has 0 saturated heterocycles. The summed E-state index contributed by atoms with van der Waals surface area (Å²) in [5, 5.41) is 0. The first kappa shape index (κ1) is 8.98. The van der Waals surface area contributed by atoms with Crippen LogP contribution in [-0.2, 0) is 6.42 Å². The van der Waals surface area contributed by atoms with E-state index in [-0.39, 0.29) is 5.82 Å². The van der Waals surface area contributed by atoms with E-state index in [0.29, 0.717) is 0 Å². The second kappa shape index (κ2) is 3.38. The zero-order chi connectivity index (χ0) is 10.3. The first-order valence-corrected chi connectivity index (χ1v) is 5.69. The molecule has 1 heterocycles. The lowest BCUT2D eigenvalue weighted by Gasteiger charge is -2.18. The maximum atomic E-state index is 13.1. The molecule has 2 heteroatoms. The van der Waals surface area contributed by atoms with Gasteiger partial charge in [-0.2, -0.15) is 0 Å². The lowest BCUT2D eigenvalue weighted by Crippen LogP contribution is -1.99. The van der Waals surface area contributed by atoms with Gasteiger partial charge >= 0.3 is 0 Å². The van der Waals surface area contributed by atoms with E-state index in [9.17, 15) is 4.39 Å². The molecule has 0 saturated carbocycles. The fourth-order valence-corrected chi connectivity index (χ4v) is 2.91. The summed E-state index contributed by atoms with van der Waals surface area (Å²) in [6, 6.07) is 13.3. The fraction of sp³-hybridized carbons (Fsp3) is 0.0769. The average Bonchev–Trinajstić information content (AvgIpc) is 2.26. The third-order valence-corrected chi connectivity index (χ3v) is 3.83. The molecule has 15 heavy (non-hydrogen) atoms. The molecule has 0 spiro atoms. The van der Waals surface area contributed by atoms with Crippen LogP contribution in [0, 0.1) is 5.82 Å². The predicted molar refractivity (Wildman–Crippen MR) is 59.8 cm³/mol. The Labute approximate surface area is 92.1 Å². The van der Waals surface area contributed by atoms with Crippen LogP contribution >= 0.6 is 11.8 Å². The highest BCUT2D eigenvalue weighted by Gasteiger charge is 2.15. The smallest absolute Gasteiger partial charge is 0.123 e. The minimum absolute atomic E-state index is 0.145. The van der Waals surface area contributed by atoms with Gasteiger partial charge in [-0.3, -0.25) is 0 Å². The first-order chi connectivity index (χ1) is 7.33. The Morgan fingerprint density at radius 1 is 0.933 bits per heavy atom. The SMILES string of the molecule is Fc1ccc2c(c1)Cc1ccccc1S2. The monoisotopic (exact) mass is 216 g/mol. The van der Waals surface area contributed by atoms with Gasteiger partial charge in [-0.25, -0.2) is 4.39 Å². The van der Waals surface area contributed by atoms with Gasteiger partial charge in [0.05, 0.1) is 0 Å². The van der Waals surface area contributed by atoms with Crippen LogP contribution in [-0.4, -0.2) is 0 Å². The van der Waals surface area contributed by atoms with Crippen molar-refractivity contribution in [3.05, 3.63) is 59.4 Å². The highest BCUT2D eigenvalue weighted by molar-refractivity contribution is 7.99. The summed E-state index contributed by atoms with van der Waals surface area (Å²) in [6.45, 7) is 0. The molecule has 74 valence electrons. The molecule has 0 atom stereocenters. The standard InChI is InChI=1S/C13H9FS/c14-11-5-6-13-10(8-11)7-9-3-1-2-4-12(9)15-13/h1-6,8H,7H2. The van der Waals surface area contributed by atoms with Gasteiger partial charge in [-0.15, -0.1) is 0 Å². The fourth-order valence-electron chi connectivity index (χ4n) is 1.86. The summed E-state index contributed by atoms with van der Waals surface area (Å²) in [7, 11) is 0. The molecule has 0 aromatic heterocycles. The van der Waals surface area contributed by atoms with Crippen molar-refractivity contribution >= 4 is 11.8 Å². The van der Waals surface area contributed by atoms with E-state index < -0.39 is 0 Å². The summed E-state index contributed by atoms with van der Waals surface area (Å²) < 4.78 is 13.1. The Hall–Kier alpha value is -1.28. The molecule has 0 fully saturated rings. The van der Waals surface area contributed by atoms with Gasteiger partial charge in [0.15, 0.2) is 0 Å². The zero-order valence-corrected chi connectivity index (χ0v) is 8.85. The largest absolute Gasteiger partial charge is 0.207 e. The number of fused-ring (bicyclic) bond motifs is 2. The van der Waals surface area contributed by atoms with Crippen molar-refractivity contribution in [3.63, 3.8) is 0 Å². The molecule has 0 nitrogen and oxygen atoms in total. The highest BCUT2D eigenvalue weighted by atomic mass is 32.2. The molecular formula is C13H9FS. The van der Waals surface area contributed by atoms with Crippen LogP contribution in [0.15, 0.2) is 52.3 Å².